The first kappa shape index (κ1) is 11.2. The van der Waals surface area contributed by atoms with Crippen LogP contribution in [0.25, 0.3) is 10.9 Å². The summed E-state index contributed by atoms with van der Waals surface area (Å²) in [7, 11) is 0. The SMILES string of the molecule is NC(=O)[C@H](Cc1c[nH]c2ccccc12)NC=O. The average Bonchev–Trinajstić information content (AvgIpc) is 2.72. The van der Waals surface area contributed by atoms with Gasteiger partial charge in [0.2, 0.25) is 12.3 Å². The molecule has 4 N–H and O–H groups in total. The van der Waals surface area contributed by atoms with Crippen LogP contribution in [0.2, 0.25) is 0 Å². The molecule has 0 spiro atoms. The average molecular weight is 231 g/mol. The first-order chi connectivity index (χ1) is 8.22. The number of primary amides is 1. The number of rotatable bonds is 5. The third-order valence-corrected chi connectivity index (χ3v) is 2.71. The molecule has 1 atom stereocenters. The van der Waals surface area contributed by atoms with Crippen LogP contribution in [0.15, 0.2) is 30.5 Å². The molecule has 0 unspecified atom stereocenters. The number of nitrogens with two attached hydrogens (primary N) is 1. The summed E-state index contributed by atoms with van der Waals surface area (Å²) in [5, 5.41) is 3.45. The summed E-state index contributed by atoms with van der Waals surface area (Å²) in [6.45, 7) is 0. The van der Waals surface area contributed by atoms with Gasteiger partial charge in [-0.05, 0) is 11.6 Å². The van der Waals surface area contributed by atoms with Crippen LogP contribution < -0.4 is 11.1 Å². The van der Waals surface area contributed by atoms with Crippen LogP contribution in [0, 0.1) is 0 Å². The molecule has 88 valence electrons. The van der Waals surface area contributed by atoms with E-state index >= 15 is 0 Å². The number of hydrogen-bond acceptors (Lipinski definition) is 2. The molecule has 5 heteroatoms. The Morgan fingerprint density at radius 2 is 2.24 bits per heavy atom. The van der Waals surface area contributed by atoms with Gasteiger partial charge in [-0.1, -0.05) is 18.2 Å². The summed E-state index contributed by atoms with van der Waals surface area (Å²) in [5.41, 5.74) is 7.17. The van der Waals surface area contributed by atoms with E-state index in [-0.39, 0.29) is 0 Å². The van der Waals surface area contributed by atoms with E-state index in [9.17, 15) is 9.59 Å². The standard InChI is InChI=1S/C12H13N3O2/c13-12(17)11(15-7-16)5-8-6-14-10-4-2-1-3-9(8)10/h1-4,6-7,11,14H,5H2,(H2,13,17)(H,15,16)/t11-/m0/s1. The largest absolute Gasteiger partial charge is 0.368 e. The minimum atomic E-state index is -0.674. The Labute approximate surface area is 98.0 Å². The molecule has 0 saturated heterocycles. The summed E-state index contributed by atoms with van der Waals surface area (Å²) in [6, 6.07) is 7.08. The Kier molecular flexibility index (Phi) is 3.09. The van der Waals surface area contributed by atoms with Crippen LogP contribution in [0.1, 0.15) is 5.56 Å². The molecule has 0 saturated carbocycles. The molecule has 1 aromatic carbocycles. The van der Waals surface area contributed by atoms with Gasteiger partial charge in [0.1, 0.15) is 6.04 Å². The molecule has 1 heterocycles. The van der Waals surface area contributed by atoms with Gasteiger partial charge >= 0.3 is 0 Å². The lowest BCUT2D eigenvalue weighted by molar-refractivity contribution is -0.122. The molecule has 5 nitrogen and oxygen atoms in total. The Morgan fingerprint density at radius 3 is 2.94 bits per heavy atom. The summed E-state index contributed by atoms with van der Waals surface area (Å²) < 4.78 is 0. The monoisotopic (exact) mass is 231 g/mol. The quantitative estimate of drug-likeness (QED) is 0.647. The van der Waals surface area contributed by atoms with Crippen molar-refractivity contribution in [2.75, 3.05) is 0 Å². The van der Waals surface area contributed by atoms with Gasteiger partial charge in [0.05, 0.1) is 0 Å². The number of carbonyl (C=O) groups excluding carboxylic acids is 2. The number of aromatic nitrogens is 1. The Balaban J connectivity index is 2.28. The highest BCUT2D eigenvalue weighted by Gasteiger charge is 2.16. The summed E-state index contributed by atoms with van der Waals surface area (Å²) in [6.07, 6.45) is 2.70. The summed E-state index contributed by atoms with van der Waals surface area (Å²) >= 11 is 0. The molecular formula is C12H13N3O2. The highest BCUT2D eigenvalue weighted by molar-refractivity contribution is 5.86. The molecule has 17 heavy (non-hydrogen) atoms. The van der Waals surface area contributed by atoms with E-state index in [1.54, 1.807) is 0 Å². The Morgan fingerprint density at radius 1 is 1.47 bits per heavy atom. The topological polar surface area (TPSA) is 88.0 Å². The second kappa shape index (κ2) is 4.69. The van der Waals surface area contributed by atoms with Gasteiger partial charge in [-0.2, -0.15) is 0 Å². The maximum absolute atomic E-state index is 11.1. The lowest BCUT2D eigenvalue weighted by atomic mass is 10.0. The van der Waals surface area contributed by atoms with Gasteiger partial charge in [-0.25, -0.2) is 0 Å². The van der Waals surface area contributed by atoms with E-state index in [1.165, 1.54) is 0 Å². The third kappa shape index (κ3) is 2.28. The molecule has 0 bridgehead atoms. The van der Waals surface area contributed by atoms with Crippen LogP contribution in [0.4, 0.5) is 0 Å². The van der Waals surface area contributed by atoms with Crippen LogP contribution >= 0.6 is 0 Å². The number of para-hydroxylation sites is 1. The minimum Gasteiger partial charge on any atom is -0.368 e. The highest BCUT2D eigenvalue weighted by Crippen LogP contribution is 2.18. The molecule has 0 aliphatic rings. The van der Waals surface area contributed by atoms with Crippen molar-refractivity contribution in [3.63, 3.8) is 0 Å². The van der Waals surface area contributed by atoms with E-state index in [0.717, 1.165) is 16.5 Å². The fraction of sp³-hybridized carbons (Fsp3) is 0.167. The van der Waals surface area contributed by atoms with Crippen molar-refractivity contribution in [3.8, 4) is 0 Å². The van der Waals surface area contributed by atoms with Gasteiger partial charge in [0, 0.05) is 23.5 Å². The number of fused-ring (bicyclic) bond motifs is 1. The normalized spacial score (nSPS) is 12.2. The summed E-state index contributed by atoms with van der Waals surface area (Å²) in [4.78, 5) is 24.6. The Hall–Kier alpha value is -2.30. The minimum absolute atomic E-state index is 0.387. The number of H-pyrrole nitrogens is 1. The van der Waals surface area contributed by atoms with Crippen molar-refractivity contribution < 1.29 is 9.59 Å². The van der Waals surface area contributed by atoms with Crippen molar-refractivity contribution >= 4 is 23.2 Å². The van der Waals surface area contributed by atoms with Crippen molar-refractivity contribution in [1.29, 1.82) is 0 Å². The number of carbonyl (C=O) groups is 2. The first-order valence-corrected chi connectivity index (χ1v) is 5.26. The van der Waals surface area contributed by atoms with E-state index in [2.05, 4.69) is 10.3 Å². The molecule has 0 aliphatic carbocycles. The second-order valence-electron chi connectivity index (χ2n) is 3.80. The fourth-order valence-corrected chi connectivity index (χ4v) is 1.84. The second-order valence-corrected chi connectivity index (χ2v) is 3.80. The van der Waals surface area contributed by atoms with Gasteiger partial charge in [-0.3, -0.25) is 9.59 Å². The zero-order valence-electron chi connectivity index (χ0n) is 9.14. The molecule has 2 amide bonds. The van der Waals surface area contributed by atoms with Crippen molar-refractivity contribution in [2.45, 2.75) is 12.5 Å². The maximum atomic E-state index is 11.1. The van der Waals surface area contributed by atoms with E-state index in [0.29, 0.717) is 12.8 Å². The zero-order valence-corrected chi connectivity index (χ0v) is 9.14. The maximum Gasteiger partial charge on any atom is 0.240 e. The lowest BCUT2D eigenvalue weighted by Gasteiger charge is -2.11. The Bertz CT molecular complexity index is 547. The van der Waals surface area contributed by atoms with Gasteiger partial charge < -0.3 is 16.0 Å². The van der Waals surface area contributed by atoms with Crippen LogP contribution in [0.5, 0.6) is 0 Å². The predicted molar refractivity (Wildman–Crippen MR) is 64.2 cm³/mol. The van der Waals surface area contributed by atoms with Crippen LogP contribution in [-0.2, 0) is 16.0 Å². The number of aromatic amines is 1. The van der Waals surface area contributed by atoms with E-state index in [4.69, 9.17) is 5.73 Å². The molecule has 0 fully saturated rings. The third-order valence-electron chi connectivity index (χ3n) is 2.71. The smallest absolute Gasteiger partial charge is 0.240 e. The predicted octanol–water partition coefficient (Wildman–Crippen LogP) is 0.310. The van der Waals surface area contributed by atoms with Gasteiger partial charge in [0.15, 0.2) is 0 Å². The first-order valence-electron chi connectivity index (χ1n) is 5.26. The molecule has 2 aromatic rings. The van der Waals surface area contributed by atoms with Gasteiger partial charge in [-0.15, -0.1) is 0 Å². The molecule has 2 rings (SSSR count). The van der Waals surface area contributed by atoms with Crippen LogP contribution in [-0.4, -0.2) is 23.3 Å². The lowest BCUT2D eigenvalue weighted by Crippen LogP contribution is -2.42. The van der Waals surface area contributed by atoms with Gasteiger partial charge in [0.25, 0.3) is 0 Å². The highest BCUT2D eigenvalue weighted by atomic mass is 16.2. The summed E-state index contributed by atoms with van der Waals surface area (Å²) in [5.74, 6) is -0.539. The number of nitrogens with one attached hydrogen (secondary N) is 2. The number of amides is 2. The molecule has 0 radical (unpaired) electrons. The zero-order chi connectivity index (χ0) is 12.3. The number of hydrogen-bond donors (Lipinski definition) is 3. The molecular weight excluding hydrogens is 218 g/mol. The van der Waals surface area contributed by atoms with Crippen LogP contribution in [0.3, 0.4) is 0 Å². The van der Waals surface area contributed by atoms with Crippen molar-refractivity contribution in [3.05, 3.63) is 36.0 Å². The van der Waals surface area contributed by atoms with E-state index < -0.39 is 11.9 Å². The van der Waals surface area contributed by atoms with Crippen molar-refractivity contribution in [1.82, 2.24) is 10.3 Å². The fourth-order valence-electron chi connectivity index (χ4n) is 1.84. The van der Waals surface area contributed by atoms with E-state index in [1.807, 2.05) is 30.5 Å². The number of benzene rings is 1. The molecule has 1 aromatic heterocycles. The molecule has 0 aliphatic heterocycles. The van der Waals surface area contributed by atoms with Crippen molar-refractivity contribution in [2.24, 2.45) is 5.73 Å².